The highest BCUT2D eigenvalue weighted by Crippen LogP contribution is 1.95. The van der Waals surface area contributed by atoms with E-state index in [0.717, 1.165) is 0 Å². The van der Waals surface area contributed by atoms with Crippen LogP contribution in [0, 0.1) is 0 Å². The molecule has 1 rings (SSSR count). The van der Waals surface area contributed by atoms with E-state index in [-0.39, 0.29) is 5.56 Å². The third-order valence-electron chi connectivity index (χ3n) is 2.30. The third kappa shape index (κ3) is 3.51. The minimum atomic E-state index is -0.412. The SMILES string of the molecule is CCC(O)CCNC(=O)c1ccc[nH]c1=O. The summed E-state index contributed by atoms with van der Waals surface area (Å²) >= 11 is 0. The average Bonchev–Trinajstić information content (AvgIpc) is 2.29. The van der Waals surface area contributed by atoms with Crippen molar-refractivity contribution in [2.24, 2.45) is 0 Å². The normalized spacial score (nSPS) is 12.1. The molecule has 5 nitrogen and oxygen atoms in total. The second-order valence-corrected chi connectivity index (χ2v) is 3.52. The smallest absolute Gasteiger partial charge is 0.260 e. The van der Waals surface area contributed by atoms with Crippen LogP contribution in [-0.4, -0.2) is 28.6 Å². The molecular formula is C11H16N2O3. The van der Waals surface area contributed by atoms with Gasteiger partial charge in [-0.2, -0.15) is 0 Å². The maximum Gasteiger partial charge on any atom is 0.260 e. The fourth-order valence-corrected chi connectivity index (χ4v) is 1.25. The lowest BCUT2D eigenvalue weighted by Crippen LogP contribution is -2.31. The Labute approximate surface area is 93.5 Å². The van der Waals surface area contributed by atoms with Gasteiger partial charge in [0.15, 0.2) is 0 Å². The van der Waals surface area contributed by atoms with Crippen molar-refractivity contribution in [2.75, 3.05) is 6.54 Å². The minimum Gasteiger partial charge on any atom is -0.393 e. The number of nitrogens with one attached hydrogen (secondary N) is 2. The number of hydrogen-bond acceptors (Lipinski definition) is 3. The highest BCUT2D eigenvalue weighted by atomic mass is 16.3. The van der Waals surface area contributed by atoms with Crippen molar-refractivity contribution in [3.63, 3.8) is 0 Å². The molecule has 3 N–H and O–H groups in total. The van der Waals surface area contributed by atoms with Crippen molar-refractivity contribution in [3.8, 4) is 0 Å². The molecule has 0 bridgehead atoms. The number of hydrogen-bond donors (Lipinski definition) is 3. The Kier molecular flexibility index (Phi) is 4.72. The summed E-state index contributed by atoms with van der Waals surface area (Å²) in [6.45, 7) is 2.23. The Morgan fingerprint density at radius 2 is 2.38 bits per heavy atom. The van der Waals surface area contributed by atoms with Crippen molar-refractivity contribution in [2.45, 2.75) is 25.9 Å². The van der Waals surface area contributed by atoms with Gasteiger partial charge in [0, 0.05) is 12.7 Å². The summed E-state index contributed by atoms with van der Waals surface area (Å²) in [7, 11) is 0. The first kappa shape index (κ1) is 12.4. The Balaban J connectivity index is 2.48. The number of H-pyrrole nitrogens is 1. The molecule has 0 saturated heterocycles. The van der Waals surface area contributed by atoms with Crippen LogP contribution in [-0.2, 0) is 0 Å². The molecule has 1 atom stereocenters. The molecule has 1 aromatic rings. The largest absolute Gasteiger partial charge is 0.393 e. The van der Waals surface area contributed by atoms with Gasteiger partial charge in [0.1, 0.15) is 5.56 Å². The van der Waals surface area contributed by atoms with E-state index < -0.39 is 17.6 Å². The van der Waals surface area contributed by atoms with E-state index in [9.17, 15) is 14.7 Å². The van der Waals surface area contributed by atoms with Crippen LogP contribution < -0.4 is 10.9 Å². The van der Waals surface area contributed by atoms with E-state index in [4.69, 9.17) is 0 Å². The average molecular weight is 224 g/mol. The molecule has 0 saturated carbocycles. The maximum atomic E-state index is 11.5. The van der Waals surface area contributed by atoms with Gasteiger partial charge in [0.05, 0.1) is 6.10 Å². The molecule has 1 aromatic heterocycles. The predicted molar refractivity (Wildman–Crippen MR) is 60.3 cm³/mol. The molecule has 0 aliphatic carbocycles. The quantitative estimate of drug-likeness (QED) is 0.671. The van der Waals surface area contributed by atoms with Crippen molar-refractivity contribution < 1.29 is 9.90 Å². The van der Waals surface area contributed by atoms with Crippen LogP contribution in [0.3, 0.4) is 0 Å². The van der Waals surface area contributed by atoms with E-state index in [1.54, 1.807) is 6.07 Å². The summed E-state index contributed by atoms with van der Waals surface area (Å²) in [5, 5.41) is 11.9. The molecule has 1 amide bonds. The van der Waals surface area contributed by atoms with Gasteiger partial charge in [-0.15, -0.1) is 0 Å². The first-order valence-electron chi connectivity index (χ1n) is 5.29. The number of aromatic amines is 1. The lowest BCUT2D eigenvalue weighted by atomic mass is 10.2. The van der Waals surface area contributed by atoms with E-state index in [2.05, 4.69) is 10.3 Å². The standard InChI is InChI=1S/C11H16N2O3/c1-2-8(14)5-7-13-11(16)9-4-3-6-12-10(9)15/h3-4,6,8,14H,2,5,7H2,1H3,(H,12,15)(H,13,16). The molecule has 0 aliphatic heterocycles. The maximum absolute atomic E-state index is 11.5. The zero-order valence-corrected chi connectivity index (χ0v) is 9.19. The van der Waals surface area contributed by atoms with Gasteiger partial charge < -0.3 is 15.4 Å². The second-order valence-electron chi connectivity index (χ2n) is 3.52. The van der Waals surface area contributed by atoms with Gasteiger partial charge >= 0.3 is 0 Å². The zero-order valence-electron chi connectivity index (χ0n) is 9.19. The van der Waals surface area contributed by atoms with Crippen LogP contribution in [0.25, 0.3) is 0 Å². The van der Waals surface area contributed by atoms with Crippen LogP contribution in [0.4, 0.5) is 0 Å². The zero-order chi connectivity index (χ0) is 12.0. The second kappa shape index (κ2) is 6.07. The van der Waals surface area contributed by atoms with Gasteiger partial charge in [0.2, 0.25) is 0 Å². The Morgan fingerprint density at radius 3 is 3.00 bits per heavy atom. The van der Waals surface area contributed by atoms with E-state index in [1.165, 1.54) is 12.3 Å². The van der Waals surface area contributed by atoms with Crippen LogP contribution >= 0.6 is 0 Å². The Bertz CT molecular complexity index is 400. The van der Waals surface area contributed by atoms with Gasteiger partial charge in [0.25, 0.3) is 11.5 Å². The highest BCUT2D eigenvalue weighted by molar-refractivity contribution is 5.93. The Morgan fingerprint density at radius 1 is 1.62 bits per heavy atom. The summed E-state index contributed by atoms with van der Waals surface area (Å²) in [6.07, 6.45) is 2.21. The van der Waals surface area contributed by atoms with Crippen molar-refractivity contribution >= 4 is 5.91 Å². The summed E-state index contributed by atoms with van der Waals surface area (Å²) < 4.78 is 0. The first-order valence-corrected chi connectivity index (χ1v) is 5.29. The van der Waals surface area contributed by atoms with Gasteiger partial charge in [-0.3, -0.25) is 9.59 Å². The fraction of sp³-hybridized carbons (Fsp3) is 0.455. The van der Waals surface area contributed by atoms with Crippen LogP contribution in [0.15, 0.2) is 23.1 Å². The molecule has 1 unspecified atom stereocenters. The van der Waals surface area contributed by atoms with E-state index in [0.29, 0.717) is 19.4 Å². The Hall–Kier alpha value is -1.62. The van der Waals surface area contributed by atoms with Gasteiger partial charge in [-0.05, 0) is 25.0 Å². The number of aromatic nitrogens is 1. The minimum absolute atomic E-state index is 0.0912. The molecule has 5 heteroatoms. The van der Waals surface area contributed by atoms with Crippen molar-refractivity contribution in [1.82, 2.24) is 10.3 Å². The highest BCUT2D eigenvalue weighted by Gasteiger charge is 2.09. The van der Waals surface area contributed by atoms with Gasteiger partial charge in [-0.1, -0.05) is 6.92 Å². The number of aliphatic hydroxyl groups is 1. The lowest BCUT2D eigenvalue weighted by molar-refractivity contribution is 0.0940. The molecule has 0 spiro atoms. The van der Waals surface area contributed by atoms with E-state index >= 15 is 0 Å². The number of pyridine rings is 1. The molecule has 0 aromatic carbocycles. The molecule has 0 fully saturated rings. The van der Waals surface area contributed by atoms with E-state index in [1.807, 2.05) is 6.92 Å². The van der Waals surface area contributed by atoms with Crippen LogP contribution in [0.2, 0.25) is 0 Å². The number of carbonyl (C=O) groups is 1. The summed E-state index contributed by atoms with van der Waals surface area (Å²) in [5.41, 5.74) is -0.315. The number of aliphatic hydroxyl groups excluding tert-OH is 1. The molecule has 16 heavy (non-hydrogen) atoms. The van der Waals surface area contributed by atoms with Gasteiger partial charge in [-0.25, -0.2) is 0 Å². The molecule has 0 radical (unpaired) electrons. The summed E-state index contributed by atoms with van der Waals surface area (Å²) in [5.74, 6) is -0.412. The van der Waals surface area contributed by atoms with Crippen molar-refractivity contribution in [1.29, 1.82) is 0 Å². The topological polar surface area (TPSA) is 82.2 Å². The molecular weight excluding hydrogens is 208 g/mol. The first-order chi connectivity index (χ1) is 7.65. The number of carbonyl (C=O) groups excluding carboxylic acids is 1. The third-order valence-corrected chi connectivity index (χ3v) is 2.30. The fourth-order valence-electron chi connectivity index (χ4n) is 1.25. The number of amides is 1. The molecule has 1 heterocycles. The number of rotatable bonds is 5. The summed E-state index contributed by atoms with van der Waals surface area (Å²) in [4.78, 5) is 25.2. The van der Waals surface area contributed by atoms with Crippen LogP contribution in [0.1, 0.15) is 30.1 Å². The van der Waals surface area contributed by atoms with Crippen LogP contribution in [0.5, 0.6) is 0 Å². The summed E-state index contributed by atoms with van der Waals surface area (Å²) in [6, 6.07) is 3.06. The lowest BCUT2D eigenvalue weighted by Gasteiger charge is -2.08. The molecule has 0 aliphatic rings. The predicted octanol–water partition coefficient (Wildman–Crippen LogP) is 0.266. The molecule has 88 valence electrons. The van der Waals surface area contributed by atoms with Crippen molar-refractivity contribution in [3.05, 3.63) is 34.2 Å². The monoisotopic (exact) mass is 224 g/mol.